The molecular weight excluding hydrogens is 206 g/mol. The van der Waals surface area contributed by atoms with Crippen LogP contribution in [0.25, 0.3) is 10.9 Å². The number of hydrogen-bond acceptors (Lipinski definition) is 2. The van der Waals surface area contributed by atoms with Crippen LogP contribution in [0.4, 0.5) is 0 Å². The van der Waals surface area contributed by atoms with Crippen molar-refractivity contribution >= 4 is 16.9 Å². The van der Waals surface area contributed by atoms with Gasteiger partial charge in [0.05, 0.1) is 12.6 Å². The van der Waals surface area contributed by atoms with Gasteiger partial charge in [-0.3, -0.25) is 0 Å². The Bertz CT molecular complexity index is 569. The summed E-state index contributed by atoms with van der Waals surface area (Å²) in [5.74, 6) is -0.593. The molecule has 1 aromatic heterocycles. The minimum atomic E-state index is -0.983. The molecule has 0 radical (unpaired) electrons. The standard InChI is InChI=1S/C12H13NO3/c1-6-7(2)13-10-8(6)4-5-9(12(14)15)11(10)16-3/h4-5,13H,1-3H3,(H,14,15). The van der Waals surface area contributed by atoms with Crippen LogP contribution in [0.15, 0.2) is 12.1 Å². The Hall–Kier alpha value is -1.97. The van der Waals surface area contributed by atoms with Crippen molar-refractivity contribution in [3.63, 3.8) is 0 Å². The first kappa shape index (κ1) is 10.5. The summed E-state index contributed by atoms with van der Waals surface area (Å²) in [7, 11) is 1.48. The number of aromatic carboxylic acids is 1. The van der Waals surface area contributed by atoms with E-state index in [1.165, 1.54) is 7.11 Å². The maximum Gasteiger partial charge on any atom is 0.339 e. The lowest BCUT2D eigenvalue weighted by Crippen LogP contribution is -2.00. The van der Waals surface area contributed by atoms with Gasteiger partial charge in [0.25, 0.3) is 0 Å². The number of carboxylic acid groups (broad SMARTS) is 1. The molecule has 0 saturated carbocycles. The lowest BCUT2D eigenvalue weighted by molar-refractivity contribution is 0.0693. The molecule has 4 nitrogen and oxygen atoms in total. The highest BCUT2D eigenvalue weighted by atomic mass is 16.5. The second-order valence-corrected chi connectivity index (χ2v) is 3.75. The molecule has 0 fully saturated rings. The third-order valence-electron chi connectivity index (χ3n) is 2.87. The number of carboxylic acids is 1. The minimum Gasteiger partial charge on any atom is -0.494 e. The Morgan fingerprint density at radius 3 is 2.62 bits per heavy atom. The van der Waals surface area contributed by atoms with Gasteiger partial charge in [-0.1, -0.05) is 6.07 Å². The Morgan fingerprint density at radius 1 is 1.38 bits per heavy atom. The first-order valence-corrected chi connectivity index (χ1v) is 4.95. The first-order valence-electron chi connectivity index (χ1n) is 4.95. The van der Waals surface area contributed by atoms with Crippen LogP contribution in [-0.4, -0.2) is 23.2 Å². The van der Waals surface area contributed by atoms with E-state index in [-0.39, 0.29) is 5.56 Å². The molecular formula is C12H13NO3. The highest BCUT2D eigenvalue weighted by molar-refractivity contribution is 6.00. The van der Waals surface area contributed by atoms with Crippen molar-refractivity contribution in [1.29, 1.82) is 0 Å². The zero-order chi connectivity index (χ0) is 11.9. The van der Waals surface area contributed by atoms with Gasteiger partial charge in [-0.15, -0.1) is 0 Å². The van der Waals surface area contributed by atoms with Crippen molar-refractivity contribution in [3.05, 3.63) is 29.0 Å². The molecule has 0 atom stereocenters. The van der Waals surface area contributed by atoms with E-state index in [9.17, 15) is 4.79 Å². The summed E-state index contributed by atoms with van der Waals surface area (Å²) in [5.41, 5.74) is 3.06. The van der Waals surface area contributed by atoms with E-state index in [1.807, 2.05) is 13.8 Å². The van der Waals surface area contributed by atoms with Crippen LogP contribution < -0.4 is 4.74 Å². The van der Waals surface area contributed by atoms with Crippen molar-refractivity contribution in [3.8, 4) is 5.75 Å². The van der Waals surface area contributed by atoms with Gasteiger partial charge in [-0.2, -0.15) is 0 Å². The number of benzene rings is 1. The van der Waals surface area contributed by atoms with Gasteiger partial charge >= 0.3 is 5.97 Å². The van der Waals surface area contributed by atoms with Crippen LogP contribution in [0.5, 0.6) is 5.75 Å². The third kappa shape index (κ3) is 1.34. The quantitative estimate of drug-likeness (QED) is 0.815. The SMILES string of the molecule is COc1c(C(=O)O)ccc2c(C)c(C)[nH]c12. The summed E-state index contributed by atoms with van der Waals surface area (Å²) in [4.78, 5) is 14.2. The molecule has 84 valence electrons. The van der Waals surface area contributed by atoms with Crippen molar-refractivity contribution in [2.24, 2.45) is 0 Å². The van der Waals surface area contributed by atoms with Gasteiger partial charge in [0, 0.05) is 11.1 Å². The number of rotatable bonds is 2. The van der Waals surface area contributed by atoms with Gasteiger partial charge in [-0.05, 0) is 25.5 Å². The van der Waals surface area contributed by atoms with Crippen LogP contribution in [-0.2, 0) is 0 Å². The van der Waals surface area contributed by atoms with Gasteiger partial charge < -0.3 is 14.8 Å². The number of aromatic nitrogens is 1. The summed E-state index contributed by atoms with van der Waals surface area (Å²) in [5, 5.41) is 10.0. The maximum absolute atomic E-state index is 11.0. The molecule has 1 aromatic carbocycles. The Kier molecular flexibility index (Phi) is 2.34. The molecule has 0 bridgehead atoms. The number of ether oxygens (including phenoxy) is 1. The number of carbonyl (C=O) groups is 1. The number of hydrogen-bond donors (Lipinski definition) is 2. The highest BCUT2D eigenvalue weighted by Gasteiger charge is 2.16. The summed E-state index contributed by atoms with van der Waals surface area (Å²) >= 11 is 0. The summed E-state index contributed by atoms with van der Waals surface area (Å²) in [6.07, 6.45) is 0. The van der Waals surface area contributed by atoms with E-state index >= 15 is 0 Å². The predicted molar refractivity (Wildman–Crippen MR) is 61.3 cm³/mol. The van der Waals surface area contributed by atoms with Crippen molar-refractivity contribution < 1.29 is 14.6 Å². The van der Waals surface area contributed by atoms with Crippen molar-refractivity contribution in [2.75, 3.05) is 7.11 Å². The fourth-order valence-electron chi connectivity index (χ4n) is 1.88. The van der Waals surface area contributed by atoms with Crippen molar-refractivity contribution in [1.82, 2.24) is 4.98 Å². The number of methoxy groups -OCH3 is 1. The zero-order valence-corrected chi connectivity index (χ0v) is 9.42. The maximum atomic E-state index is 11.0. The van der Waals surface area contributed by atoms with Crippen LogP contribution in [0.3, 0.4) is 0 Å². The molecule has 16 heavy (non-hydrogen) atoms. The van der Waals surface area contributed by atoms with Crippen LogP contribution in [0.1, 0.15) is 21.6 Å². The molecule has 2 aromatic rings. The third-order valence-corrected chi connectivity index (χ3v) is 2.87. The molecule has 0 saturated heterocycles. The molecule has 1 heterocycles. The van der Waals surface area contributed by atoms with E-state index in [1.54, 1.807) is 12.1 Å². The Labute approximate surface area is 92.9 Å². The van der Waals surface area contributed by atoms with Gasteiger partial charge in [0.1, 0.15) is 5.56 Å². The van der Waals surface area contributed by atoms with E-state index in [4.69, 9.17) is 9.84 Å². The second-order valence-electron chi connectivity index (χ2n) is 3.75. The topological polar surface area (TPSA) is 62.3 Å². The first-order chi connectivity index (χ1) is 7.56. The van der Waals surface area contributed by atoms with E-state index in [2.05, 4.69) is 4.98 Å². The number of H-pyrrole nitrogens is 1. The molecule has 2 rings (SSSR count). The van der Waals surface area contributed by atoms with Gasteiger partial charge in [-0.25, -0.2) is 4.79 Å². The number of nitrogens with one attached hydrogen (secondary N) is 1. The lowest BCUT2D eigenvalue weighted by Gasteiger charge is -2.05. The fourth-order valence-corrected chi connectivity index (χ4v) is 1.88. The van der Waals surface area contributed by atoms with Gasteiger partial charge in [0.2, 0.25) is 0 Å². The summed E-state index contributed by atoms with van der Waals surface area (Å²) in [6, 6.07) is 3.38. The van der Waals surface area contributed by atoms with E-state index < -0.39 is 5.97 Å². The minimum absolute atomic E-state index is 0.177. The average molecular weight is 219 g/mol. The van der Waals surface area contributed by atoms with Crippen LogP contribution in [0, 0.1) is 13.8 Å². The molecule has 4 heteroatoms. The molecule has 0 amide bonds. The number of fused-ring (bicyclic) bond motifs is 1. The second kappa shape index (κ2) is 3.56. The molecule has 0 aliphatic heterocycles. The molecule has 0 aliphatic carbocycles. The Morgan fingerprint density at radius 2 is 2.06 bits per heavy atom. The largest absolute Gasteiger partial charge is 0.494 e. The average Bonchev–Trinajstić information content (AvgIpc) is 2.54. The lowest BCUT2D eigenvalue weighted by atomic mass is 10.1. The van der Waals surface area contributed by atoms with Crippen LogP contribution in [0.2, 0.25) is 0 Å². The highest BCUT2D eigenvalue weighted by Crippen LogP contribution is 2.32. The van der Waals surface area contributed by atoms with Gasteiger partial charge in [0.15, 0.2) is 5.75 Å². The number of aromatic amines is 1. The zero-order valence-electron chi connectivity index (χ0n) is 9.42. The number of aryl methyl sites for hydroxylation is 2. The monoisotopic (exact) mass is 219 g/mol. The molecule has 0 aliphatic rings. The van der Waals surface area contributed by atoms with E-state index in [0.717, 1.165) is 22.2 Å². The molecule has 2 N–H and O–H groups in total. The molecule has 0 spiro atoms. The van der Waals surface area contributed by atoms with Crippen LogP contribution >= 0.6 is 0 Å². The normalized spacial score (nSPS) is 10.7. The smallest absolute Gasteiger partial charge is 0.339 e. The Balaban J connectivity index is 2.86. The predicted octanol–water partition coefficient (Wildman–Crippen LogP) is 2.49. The van der Waals surface area contributed by atoms with Crippen molar-refractivity contribution in [2.45, 2.75) is 13.8 Å². The fraction of sp³-hybridized carbons (Fsp3) is 0.250. The summed E-state index contributed by atoms with van der Waals surface area (Å²) < 4.78 is 5.18. The molecule has 0 unspecified atom stereocenters. The van der Waals surface area contributed by atoms with E-state index in [0.29, 0.717) is 5.75 Å². The summed E-state index contributed by atoms with van der Waals surface area (Å²) in [6.45, 7) is 3.95.